The average molecular weight is 297 g/mol. The van der Waals surface area contributed by atoms with Crippen LogP contribution >= 0.6 is 0 Å². The van der Waals surface area contributed by atoms with E-state index in [2.05, 4.69) is 10.3 Å². The van der Waals surface area contributed by atoms with Crippen molar-refractivity contribution in [3.05, 3.63) is 48.2 Å². The van der Waals surface area contributed by atoms with Crippen molar-refractivity contribution in [3.63, 3.8) is 0 Å². The second-order valence-electron chi connectivity index (χ2n) is 5.02. The maximum atomic E-state index is 12.1. The van der Waals surface area contributed by atoms with E-state index in [1.807, 2.05) is 0 Å². The molecular formula is C16H15N3O3. The fourth-order valence-electron chi connectivity index (χ4n) is 2.39. The highest BCUT2D eigenvalue weighted by molar-refractivity contribution is 6.05. The minimum atomic E-state index is -0.367. The predicted octanol–water partition coefficient (Wildman–Crippen LogP) is 2.17. The average Bonchev–Trinajstić information content (AvgIpc) is 2.96. The lowest BCUT2D eigenvalue weighted by Gasteiger charge is -2.15. The molecule has 3 rings (SSSR count). The summed E-state index contributed by atoms with van der Waals surface area (Å²) in [6, 6.07) is 9.82. The van der Waals surface area contributed by atoms with Gasteiger partial charge in [-0.05, 0) is 42.8 Å². The van der Waals surface area contributed by atoms with Gasteiger partial charge in [0.05, 0.1) is 0 Å². The van der Waals surface area contributed by atoms with Gasteiger partial charge in [-0.1, -0.05) is 0 Å². The Morgan fingerprint density at radius 1 is 1.23 bits per heavy atom. The summed E-state index contributed by atoms with van der Waals surface area (Å²) in [6.45, 7) is 0.714. The highest BCUT2D eigenvalue weighted by atomic mass is 16.3. The number of aromatic hydroxyl groups is 1. The van der Waals surface area contributed by atoms with Crippen molar-refractivity contribution in [1.29, 1.82) is 0 Å². The summed E-state index contributed by atoms with van der Waals surface area (Å²) in [5.41, 5.74) is 1.22. The molecule has 6 nitrogen and oxygen atoms in total. The van der Waals surface area contributed by atoms with Crippen LogP contribution in [0.2, 0.25) is 0 Å². The number of pyridine rings is 1. The zero-order chi connectivity index (χ0) is 15.5. The van der Waals surface area contributed by atoms with Crippen molar-refractivity contribution >= 4 is 23.3 Å². The fourth-order valence-corrected chi connectivity index (χ4v) is 2.39. The summed E-state index contributed by atoms with van der Waals surface area (Å²) >= 11 is 0. The number of carbonyl (C=O) groups is 2. The topological polar surface area (TPSA) is 82.5 Å². The molecular weight excluding hydrogens is 282 g/mol. The number of nitrogens with zero attached hydrogens (tertiary/aromatic N) is 2. The number of carbonyl (C=O) groups excluding carboxylic acids is 2. The van der Waals surface area contributed by atoms with Gasteiger partial charge in [0.15, 0.2) is 11.6 Å². The number of amides is 2. The Kier molecular flexibility index (Phi) is 3.74. The molecule has 112 valence electrons. The van der Waals surface area contributed by atoms with E-state index in [9.17, 15) is 14.7 Å². The van der Waals surface area contributed by atoms with Crippen molar-refractivity contribution in [2.45, 2.75) is 12.8 Å². The summed E-state index contributed by atoms with van der Waals surface area (Å²) < 4.78 is 0. The largest absolute Gasteiger partial charge is 0.504 e. The maximum absolute atomic E-state index is 12.1. The molecule has 2 heterocycles. The molecule has 0 spiro atoms. The zero-order valence-electron chi connectivity index (χ0n) is 11.8. The van der Waals surface area contributed by atoms with Crippen LogP contribution in [0.25, 0.3) is 0 Å². The van der Waals surface area contributed by atoms with Crippen molar-refractivity contribution in [2.24, 2.45) is 0 Å². The van der Waals surface area contributed by atoms with Crippen LogP contribution in [0.15, 0.2) is 42.6 Å². The number of hydrogen-bond acceptors (Lipinski definition) is 4. The van der Waals surface area contributed by atoms with E-state index in [0.29, 0.717) is 18.5 Å². The number of nitrogens with one attached hydrogen (secondary N) is 1. The Morgan fingerprint density at radius 3 is 2.64 bits per heavy atom. The first-order valence-electron chi connectivity index (χ1n) is 7.01. The second-order valence-corrected chi connectivity index (χ2v) is 5.02. The third-order valence-corrected chi connectivity index (χ3v) is 3.53. The van der Waals surface area contributed by atoms with E-state index in [0.717, 1.165) is 12.1 Å². The van der Waals surface area contributed by atoms with Gasteiger partial charge < -0.3 is 15.3 Å². The van der Waals surface area contributed by atoms with Gasteiger partial charge in [0.2, 0.25) is 5.91 Å². The molecule has 1 aliphatic rings. The molecule has 1 aromatic carbocycles. The van der Waals surface area contributed by atoms with E-state index < -0.39 is 0 Å². The summed E-state index contributed by atoms with van der Waals surface area (Å²) in [6.07, 6.45) is 2.92. The summed E-state index contributed by atoms with van der Waals surface area (Å²) in [5, 5.41) is 12.1. The van der Waals surface area contributed by atoms with Gasteiger partial charge in [0, 0.05) is 30.4 Å². The normalized spacial score (nSPS) is 14.2. The molecule has 0 bridgehead atoms. The van der Waals surface area contributed by atoms with Crippen molar-refractivity contribution < 1.29 is 14.7 Å². The van der Waals surface area contributed by atoms with Crippen LogP contribution in [0.5, 0.6) is 5.75 Å². The van der Waals surface area contributed by atoms with Gasteiger partial charge in [-0.25, -0.2) is 4.98 Å². The van der Waals surface area contributed by atoms with Gasteiger partial charge >= 0.3 is 0 Å². The first-order valence-corrected chi connectivity index (χ1v) is 7.01. The van der Waals surface area contributed by atoms with Crippen LogP contribution in [0.3, 0.4) is 0 Å². The Morgan fingerprint density at radius 2 is 2.00 bits per heavy atom. The molecule has 2 amide bonds. The molecule has 1 fully saturated rings. The quantitative estimate of drug-likeness (QED) is 0.909. The van der Waals surface area contributed by atoms with Crippen molar-refractivity contribution in [1.82, 2.24) is 4.98 Å². The number of benzene rings is 1. The van der Waals surface area contributed by atoms with Gasteiger partial charge in [-0.3, -0.25) is 9.59 Å². The molecule has 0 unspecified atom stereocenters. The standard InChI is InChI=1S/C16H15N3O3/c20-13-3-1-9-17-15(13)18-16(22)11-5-7-12(8-6-11)19-10-2-4-14(19)21/h1,3,5-9,20H,2,4,10H2,(H,17,18,22). The Bertz CT molecular complexity index is 713. The highest BCUT2D eigenvalue weighted by Crippen LogP contribution is 2.23. The first kappa shape index (κ1) is 14.1. The van der Waals surface area contributed by atoms with E-state index in [1.54, 1.807) is 35.2 Å². The molecule has 1 aliphatic heterocycles. The number of anilines is 2. The molecule has 0 atom stereocenters. The summed E-state index contributed by atoms with van der Waals surface area (Å²) in [5.74, 6) is -0.231. The zero-order valence-corrected chi connectivity index (χ0v) is 11.8. The smallest absolute Gasteiger partial charge is 0.256 e. The number of rotatable bonds is 3. The van der Waals surface area contributed by atoms with Crippen molar-refractivity contribution in [2.75, 3.05) is 16.8 Å². The minimum Gasteiger partial charge on any atom is -0.504 e. The lowest BCUT2D eigenvalue weighted by molar-refractivity contribution is -0.117. The van der Waals surface area contributed by atoms with Crippen LogP contribution in [-0.4, -0.2) is 28.4 Å². The van der Waals surface area contributed by atoms with Crippen LogP contribution in [0.4, 0.5) is 11.5 Å². The molecule has 1 aromatic heterocycles. The van der Waals surface area contributed by atoms with Crippen LogP contribution in [0, 0.1) is 0 Å². The van der Waals surface area contributed by atoms with Gasteiger partial charge in [0.1, 0.15) is 0 Å². The number of hydrogen-bond donors (Lipinski definition) is 2. The van der Waals surface area contributed by atoms with Crippen molar-refractivity contribution in [3.8, 4) is 5.75 Å². The Balaban J connectivity index is 1.74. The molecule has 0 radical (unpaired) electrons. The molecule has 2 N–H and O–H groups in total. The van der Waals surface area contributed by atoms with E-state index >= 15 is 0 Å². The van der Waals surface area contributed by atoms with Gasteiger partial charge in [-0.15, -0.1) is 0 Å². The molecule has 2 aromatic rings. The Labute approximate surface area is 127 Å². The van der Waals surface area contributed by atoms with Gasteiger partial charge in [0.25, 0.3) is 5.91 Å². The molecule has 22 heavy (non-hydrogen) atoms. The molecule has 6 heteroatoms. The summed E-state index contributed by atoms with van der Waals surface area (Å²) in [4.78, 5) is 29.4. The molecule has 0 aliphatic carbocycles. The maximum Gasteiger partial charge on any atom is 0.256 e. The second kappa shape index (κ2) is 5.85. The van der Waals surface area contributed by atoms with E-state index in [4.69, 9.17) is 0 Å². The van der Waals surface area contributed by atoms with Crippen LogP contribution in [0.1, 0.15) is 23.2 Å². The molecule has 0 saturated carbocycles. The predicted molar refractivity (Wildman–Crippen MR) is 81.9 cm³/mol. The first-order chi connectivity index (χ1) is 10.6. The minimum absolute atomic E-state index is 0.0878. The number of aromatic nitrogens is 1. The van der Waals surface area contributed by atoms with Crippen LogP contribution < -0.4 is 10.2 Å². The highest BCUT2D eigenvalue weighted by Gasteiger charge is 2.21. The fraction of sp³-hybridized carbons (Fsp3) is 0.188. The Hall–Kier alpha value is -2.89. The monoisotopic (exact) mass is 297 g/mol. The van der Waals surface area contributed by atoms with E-state index in [-0.39, 0.29) is 23.4 Å². The van der Waals surface area contributed by atoms with E-state index in [1.165, 1.54) is 12.3 Å². The van der Waals surface area contributed by atoms with Crippen LogP contribution in [-0.2, 0) is 4.79 Å². The lowest BCUT2D eigenvalue weighted by Crippen LogP contribution is -2.23. The third-order valence-electron chi connectivity index (χ3n) is 3.53. The summed E-state index contributed by atoms with van der Waals surface area (Å²) in [7, 11) is 0. The lowest BCUT2D eigenvalue weighted by atomic mass is 10.2. The SMILES string of the molecule is O=C(Nc1ncccc1O)c1ccc(N2CCCC2=O)cc1. The molecule has 1 saturated heterocycles. The third kappa shape index (κ3) is 2.76. The van der Waals surface area contributed by atoms with Gasteiger partial charge in [-0.2, -0.15) is 0 Å².